The second-order valence-electron chi connectivity index (χ2n) is 5.64. The molecule has 136 valence electrons. The van der Waals surface area contributed by atoms with E-state index in [0.717, 1.165) is 5.56 Å². The molecular weight excluding hydrogens is 341 g/mol. The molecule has 0 bridgehead atoms. The zero-order valence-electron chi connectivity index (χ0n) is 13.9. The van der Waals surface area contributed by atoms with Gasteiger partial charge in [0.05, 0.1) is 0 Å². The van der Waals surface area contributed by atoms with Gasteiger partial charge in [-0.2, -0.15) is 0 Å². The lowest BCUT2D eigenvalue weighted by atomic mass is 10.0. The largest absolute Gasteiger partial charge is 0.480 e. The molecule has 0 aliphatic carbocycles. The number of rotatable bonds is 8. The highest BCUT2D eigenvalue weighted by Crippen LogP contribution is 2.07. The predicted molar refractivity (Wildman–Crippen MR) is 90.9 cm³/mol. The number of amides is 1. The summed E-state index contributed by atoms with van der Waals surface area (Å²) in [4.78, 5) is 35.1. The molecule has 2 rings (SSSR count). The topological polar surface area (TPSA) is 92.7 Å². The van der Waals surface area contributed by atoms with E-state index in [4.69, 9.17) is 4.74 Å². The number of Topliss-reactive ketones (excluding diaryl/α,β-unsaturated/α-hetero) is 1. The molecule has 0 saturated carbocycles. The van der Waals surface area contributed by atoms with Crippen LogP contribution >= 0.6 is 0 Å². The molecule has 26 heavy (non-hydrogen) atoms. The molecule has 0 fully saturated rings. The number of halogens is 1. The lowest BCUT2D eigenvalue weighted by Crippen LogP contribution is -2.42. The SMILES string of the molecule is O=C(Cc1ccc(F)cc1)CC(NC(=O)OCc1ccccc1)C(=O)O. The maximum atomic E-state index is 12.9. The third-order valence-electron chi connectivity index (χ3n) is 3.55. The van der Waals surface area contributed by atoms with Gasteiger partial charge in [-0.3, -0.25) is 4.79 Å². The molecule has 0 aliphatic rings. The minimum atomic E-state index is -1.40. The highest BCUT2D eigenvalue weighted by molar-refractivity contribution is 5.89. The number of carbonyl (C=O) groups is 3. The summed E-state index contributed by atoms with van der Waals surface area (Å²) >= 11 is 0. The van der Waals surface area contributed by atoms with Crippen molar-refractivity contribution in [2.24, 2.45) is 0 Å². The molecule has 2 N–H and O–H groups in total. The minimum Gasteiger partial charge on any atom is -0.480 e. The molecule has 1 unspecified atom stereocenters. The van der Waals surface area contributed by atoms with Gasteiger partial charge in [-0.05, 0) is 23.3 Å². The Morgan fingerprint density at radius 2 is 1.65 bits per heavy atom. The molecule has 7 heteroatoms. The Labute approximate surface area is 149 Å². The van der Waals surface area contributed by atoms with E-state index >= 15 is 0 Å². The normalized spacial score (nSPS) is 11.4. The van der Waals surface area contributed by atoms with E-state index in [1.807, 2.05) is 6.07 Å². The van der Waals surface area contributed by atoms with Crippen LogP contribution in [0.2, 0.25) is 0 Å². The van der Waals surface area contributed by atoms with Crippen molar-refractivity contribution in [1.82, 2.24) is 5.32 Å². The quantitative estimate of drug-likeness (QED) is 0.756. The van der Waals surface area contributed by atoms with Crippen LogP contribution < -0.4 is 5.32 Å². The monoisotopic (exact) mass is 359 g/mol. The zero-order chi connectivity index (χ0) is 18.9. The summed E-state index contributed by atoms with van der Waals surface area (Å²) in [5.41, 5.74) is 1.31. The van der Waals surface area contributed by atoms with Gasteiger partial charge in [0, 0.05) is 12.8 Å². The number of carboxylic acids is 1. The number of aliphatic carboxylic acids is 1. The molecule has 0 aromatic heterocycles. The lowest BCUT2D eigenvalue weighted by molar-refractivity contribution is -0.141. The number of ether oxygens (including phenoxy) is 1. The molecule has 0 spiro atoms. The van der Waals surface area contributed by atoms with Gasteiger partial charge in [-0.15, -0.1) is 0 Å². The van der Waals surface area contributed by atoms with E-state index in [1.54, 1.807) is 24.3 Å². The second kappa shape index (κ2) is 9.31. The van der Waals surface area contributed by atoms with Crippen LogP contribution in [0.15, 0.2) is 54.6 Å². The first-order valence-electron chi connectivity index (χ1n) is 7.90. The lowest BCUT2D eigenvalue weighted by Gasteiger charge is -2.14. The number of alkyl carbamates (subject to hydrolysis) is 1. The zero-order valence-corrected chi connectivity index (χ0v) is 13.9. The molecular formula is C19H18FNO5. The first-order valence-corrected chi connectivity index (χ1v) is 7.90. The highest BCUT2D eigenvalue weighted by Gasteiger charge is 2.24. The second-order valence-corrected chi connectivity index (χ2v) is 5.64. The molecule has 0 saturated heterocycles. The summed E-state index contributed by atoms with van der Waals surface area (Å²) in [6.07, 6.45) is -1.37. The van der Waals surface area contributed by atoms with Crippen LogP contribution in [-0.2, 0) is 27.4 Å². The average molecular weight is 359 g/mol. The van der Waals surface area contributed by atoms with E-state index in [9.17, 15) is 23.9 Å². The smallest absolute Gasteiger partial charge is 0.408 e. The van der Waals surface area contributed by atoms with E-state index < -0.39 is 36.1 Å². The van der Waals surface area contributed by atoms with Crippen LogP contribution in [0.1, 0.15) is 17.5 Å². The van der Waals surface area contributed by atoms with E-state index in [-0.39, 0.29) is 13.0 Å². The summed E-state index contributed by atoms with van der Waals surface area (Å²) in [5.74, 6) is -2.16. The van der Waals surface area contributed by atoms with Crippen LogP contribution in [0.3, 0.4) is 0 Å². The molecule has 2 aromatic carbocycles. The summed E-state index contributed by atoms with van der Waals surface area (Å²) in [5, 5.41) is 11.4. The number of carboxylic acid groups (broad SMARTS) is 1. The van der Waals surface area contributed by atoms with Crippen LogP contribution in [-0.4, -0.2) is 29.0 Å². The van der Waals surface area contributed by atoms with E-state index in [2.05, 4.69) is 5.32 Å². The molecule has 0 radical (unpaired) electrons. The summed E-state index contributed by atoms with van der Waals surface area (Å²) in [7, 11) is 0. The fraction of sp³-hybridized carbons (Fsp3) is 0.211. The van der Waals surface area contributed by atoms with Crippen LogP contribution in [0, 0.1) is 5.82 Å². The number of benzene rings is 2. The Morgan fingerprint density at radius 1 is 1.00 bits per heavy atom. The Morgan fingerprint density at radius 3 is 2.27 bits per heavy atom. The Hall–Kier alpha value is -3.22. The first kappa shape index (κ1) is 19.1. The van der Waals surface area contributed by atoms with Gasteiger partial charge < -0.3 is 15.2 Å². The minimum absolute atomic E-state index is 0.0114. The number of hydrogen-bond acceptors (Lipinski definition) is 4. The maximum absolute atomic E-state index is 12.9. The van der Waals surface area contributed by atoms with Crippen molar-refractivity contribution in [2.45, 2.75) is 25.5 Å². The number of ketones is 1. The summed E-state index contributed by atoms with van der Waals surface area (Å²) < 4.78 is 17.8. The van der Waals surface area contributed by atoms with Crippen molar-refractivity contribution >= 4 is 17.8 Å². The van der Waals surface area contributed by atoms with Crippen molar-refractivity contribution in [3.63, 3.8) is 0 Å². The van der Waals surface area contributed by atoms with E-state index in [0.29, 0.717) is 5.56 Å². The van der Waals surface area contributed by atoms with Crippen molar-refractivity contribution in [1.29, 1.82) is 0 Å². The Kier molecular flexibility index (Phi) is 6.84. The fourth-order valence-electron chi connectivity index (χ4n) is 2.24. The number of hydrogen-bond donors (Lipinski definition) is 2. The van der Waals surface area contributed by atoms with Crippen molar-refractivity contribution in [3.8, 4) is 0 Å². The van der Waals surface area contributed by atoms with Crippen LogP contribution in [0.4, 0.5) is 9.18 Å². The third kappa shape index (κ3) is 6.35. The average Bonchev–Trinajstić information content (AvgIpc) is 2.62. The molecule has 1 atom stereocenters. The maximum Gasteiger partial charge on any atom is 0.408 e. The number of carbonyl (C=O) groups excluding carboxylic acids is 2. The standard InChI is InChI=1S/C19H18FNO5/c20-15-8-6-13(7-9-15)10-16(22)11-17(18(23)24)21-19(25)26-12-14-4-2-1-3-5-14/h1-9,17H,10-12H2,(H,21,25)(H,23,24). The van der Waals surface area contributed by atoms with Gasteiger partial charge in [0.15, 0.2) is 0 Å². The van der Waals surface area contributed by atoms with Crippen molar-refractivity contribution in [2.75, 3.05) is 0 Å². The predicted octanol–water partition coefficient (Wildman–Crippen LogP) is 2.71. The molecule has 0 heterocycles. The van der Waals surface area contributed by atoms with Crippen molar-refractivity contribution < 1.29 is 28.6 Å². The molecule has 2 aromatic rings. The van der Waals surface area contributed by atoms with Crippen LogP contribution in [0.25, 0.3) is 0 Å². The molecule has 1 amide bonds. The van der Waals surface area contributed by atoms with Gasteiger partial charge >= 0.3 is 12.1 Å². The molecule has 6 nitrogen and oxygen atoms in total. The van der Waals surface area contributed by atoms with E-state index in [1.165, 1.54) is 24.3 Å². The van der Waals surface area contributed by atoms with Gasteiger partial charge in [-0.25, -0.2) is 14.0 Å². The summed E-state index contributed by atoms with van der Waals surface area (Å²) in [6, 6.07) is 12.8. The first-order chi connectivity index (χ1) is 12.4. The van der Waals surface area contributed by atoms with Crippen LogP contribution in [0.5, 0.6) is 0 Å². The van der Waals surface area contributed by atoms with Gasteiger partial charge in [0.2, 0.25) is 0 Å². The van der Waals surface area contributed by atoms with Gasteiger partial charge in [-0.1, -0.05) is 42.5 Å². The van der Waals surface area contributed by atoms with Gasteiger partial charge in [0.1, 0.15) is 24.2 Å². The number of nitrogens with one attached hydrogen (secondary N) is 1. The van der Waals surface area contributed by atoms with Crippen molar-refractivity contribution in [3.05, 3.63) is 71.5 Å². The Bertz CT molecular complexity index is 761. The fourth-order valence-corrected chi connectivity index (χ4v) is 2.24. The summed E-state index contributed by atoms with van der Waals surface area (Å²) in [6.45, 7) is -0.0114. The Balaban J connectivity index is 1.85. The van der Waals surface area contributed by atoms with Gasteiger partial charge in [0.25, 0.3) is 0 Å². The molecule has 0 aliphatic heterocycles. The third-order valence-corrected chi connectivity index (χ3v) is 3.55. The highest BCUT2D eigenvalue weighted by atomic mass is 19.1.